The van der Waals surface area contributed by atoms with Crippen LogP contribution in [0.3, 0.4) is 0 Å². The molecule has 2 aromatic rings. The summed E-state index contributed by atoms with van der Waals surface area (Å²) in [6.45, 7) is 9.38. The van der Waals surface area contributed by atoms with Gasteiger partial charge in [0.25, 0.3) is 5.91 Å². The number of esters is 1. The van der Waals surface area contributed by atoms with Gasteiger partial charge < -0.3 is 40.4 Å². The van der Waals surface area contributed by atoms with Gasteiger partial charge in [-0.1, -0.05) is 13.0 Å². The van der Waals surface area contributed by atoms with Crippen LogP contribution in [0.5, 0.6) is 17.2 Å². The minimum atomic E-state index is -3.81. The van der Waals surface area contributed by atoms with Crippen LogP contribution in [0.25, 0.3) is 0 Å². The lowest BCUT2D eigenvalue weighted by Crippen LogP contribution is -2.45. The lowest BCUT2D eigenvalue weighted by Gasteiger charge is -2.50. The number of phenols is 1. The number of aromatic hydroxyl groups is 1. The lowest BCUT2D eigenvalue weighted by atomic mass is 9.55. The van der Waals surface area contributed by atoms with Gasteiger partial charge in [-0.2, -0.15) is 0 Å². The maximum atomic E-state index is 13.4. The van der Waals surface area contributed by atoms with Crippen molar-refractivity contribution in [3.05, 3.63) is 47.0 Å². The van der Waals surface area contributed by atoms with Crippen molar-refractivity contribution in [1.82, 2.24) is 0 Å². The molecule has 0 radical (unpaired) electrons. The third kappa shape index (κ3) is 9.83. The van der Waals surface area contributed by atoms with Crippen molar-refractivity contribution in [3.8, 4) is 17.2 Å². The molecule has 15 heteroatoms. The van der Waals surface area contributed by atoms with Crippen LogP contribution < -0.4 is 20.3 Å². The summed E-state index contributed by atoms with van der Waals surface area (Å²) in [6.07, 6.45) is 1.53. The first kappa shape index (κ1) is 42.5. The Morgan fingerprint density at radius 1 is 0.964 bits per heavy atom. The molecule has 0 saturated heterocycles. The number of hydrogen-bond acceptors (Lipinski definition) is 12. The molecule has 7 atom stereocenters. The highest BCUT2D eigenvalue weighted by Crippen LogP contribution is 2.62. The van der Waals surface area contributed by atoms with E-state index in [1.807, 2.05) is 12.1 Å². The van der Waals surface area contributed by atoms with Crippen molar-refractivity contribution in [1.29, 1.82) is 0 Å². The number of rotatable bonds is 17. The average molecular weight is 789 g/mol. The van der Waals surface area contributed by atoms with Gasteiger partial charge in [0.1, 0.15) is 23.2 Å². The Kier molecular flexibility index (Phi) is 13.6. The minimum Gasteiger partial charge on any atom is -0.505 e. The number of primary amides is 1. The number of nitrogens with two attached hydrogens (primary N) is 1. The van der Waals surface area contributed by atoms with Gasteiger partial charge >= 0.3 is 13.8 Å². The Bertz CT molecular complexity index is 1750. The van der Waals surface area contributed by atoms with Crippen LogP contribution in [0.15, 0.2) is 30.3 Å². The zero-order chi connectivity index (χ0) is 40.2. The summed E-state index contributed by atoms with van der Waals surface area (Å²) in [6, 6.07) is 8.64. The van der Waals surface area contributed by atoms with Gasteiger partial charge in [-0.15, -0.1) is 0 Å². The fraction of sp³-hybridized carbons (Fsp3) is 0.625. The number of carbonyl (C=O) groups is 3. The van der Waals surface area contributed by atoms with Crippen LogP contribution in [-0.2, 0) is 34.4 Å². The molecule has 6 N–H and O–H groups in total. The van der Waals surface area contributed by atoms with Crippen molar-refractivity contribution in [2.24, 2.45) is 23.0 Å². The first-order valence-electron chi connectivity index (χ1n) is 19.3. The standard InChI is InChI=1S/C40H57N2O12P/c1-22(2)52-55(49,53-23(3)4)54-25-8-10-26-24(21-25)7-9-28-27(26)19-20-40(5)29(28)11-16-34(40)51-36(46)18-14-32(44)31(43)13-17-35(45)42-30-12-15-33(50-6)37(38(30)47)39(41)48/h8,10,12,15,21-23,27-29,31-32,34,43-44,47H,7,9,11,13-14,16-20H2,1-6H3,(H2,41,48)(H,42,45). The van der Waals surface area contributed by atoms with E-state index in [9.17, 15) is 34.3 Å². The van der Waals surface area contributed by atoms with Gasteiger partial charge in [0.2, 0.25) is 5.91 Å². The number of hydrogen-bond donors (Lipinski definition) is 5. The van der Waals surface area contributed by atoms with Crippen molar-refractivity contribution in [3.63, 3.8) is 0 Å². The number of aliphatic hydroxyl groups is 2. The molecule has 2 saturated carbocycles. The largest absolute Gasteiger partial charge is 0.530 e. The predicted octanol–water partition coefficient (Wildman–Crippen LogP) is 6.53. The average Bonchev–Trinajstić information content (AvgIpc) is 3.44. The molecule has 2 amide bonds. The summed E-state index contributed by atoms with van der Waals surface area (Å²) in [4.78, 5) is 37.3. The Morgan fingerprint density at radius 2 is 1.64 bits per heavy atom. The van der Waals surface area contributed by atoms with E-state index in [-0.39, 0.29) is 66.4 Å². The number of phosphoric ester groups is 1. The van der Waals surface area contributed by atoms with Crippen LogP contribution in [-0.4, -0.2) is 70.7 Å². The molecule has 304 valence electrons. The Balaban J connectivity index is 1.10. The number of nitrogens with one attached hydrogen (secondary N) is 1. The third-order valence-corrected chi connectivity index (χ3v) is 13.2. The monoisotopic (exact) mass is 788 g/mol. The maximum Gasteiger partial charge on any atom is 0.530 e. The van der Waals surface area contributed by atoms with Crippen molar-refractivity contribution < 1.29 is 57.3 Å². The van der Waals surface area contributed by atoms with E-state index in [2.05, 4.69) is 18.3 Å². The van der Waals surface area contributed by atoms with Gasteiger partial charge in [-0.05, 0) is 132 Å². The highest BCUT2D eigenvalue weighted by molar-refractivity contribution is 7.49. The number of carbonyl (C=O) groups excluding carboxylic acids is 3. The van der Waals surface area contributed by atoms with E-state index in [0.717, 1.165) is 38.5 Å². The Morgan fingerprint density at radius 3 is 2.27 bits per heavy atom. The van der Waals surface area contributed by atoms with Gasteiger partial charge in [0, 0.05) is 18.3 Å². The van der Waals surface area contributed by atoms with Gasteiger partial charge in [-0.25, -0.2) is 4.57 Å². The molecule has 2 aromatic carbocycles. The van der Waals surface area contributed by atoms with Crippen LogP contribution in [0.2, 0.25) is 0 Å². The normalized spacial score (nSPS) is 24.3. The van der Waals surface area contributed by atoms with E-state index in [4.69, 9.17) is 28.8 Å². The number of aliphatic hydroxyl groups excluding tert-OH is 2. The summed E-state index contributed by atoms with van der Waals surface area (Å²) >= 11 is 0. The van der Waals surface area contributed by atoms with E-state index in [0.29, 0.717) is 23.5 Å². The molecule has 0 spiro atoms. The molecule has 0 heterocycles. The fourth-order valence-corrected chi connectivity index (χ4v) is 10.5. The zero-order valence-corrected chi connectivity index (χ0v) is 33.5. The van der Waals surface area contributed by atoms with Gasteiger partial charge in [-0.3, -0.25) is 23.4 Å². The minimum absolute atomic E-state index is 0.0362. The zero-order valence-electron chi connectivity index (χ0n) is 32.6. The fourth-order valence-electron chi connectivity index (χ4n) is 8.92. The number of amides is 2. The quantitative estimate of drug-likeness (QED) is 0.0658. The Labute approximate surface area is 323 Å². The third-order valence-electron chi connectivity index (χ3n) is 11.4. The summed E-state index contributed by atoms with van der Waals surface area (Å²) in [7, 11) is -2.50. The number of anilines is 1. The van der Waals surface area contributed by atoms with Crippen molar-refractivity contribution >= 4 is 31.3 Å². The molecule has 2 fully saturated rings. The van der Waals surface area contributed by atoms with E-state index < -0.39 is 43.6 Å². The van der Waals surface area contributed by atoms with E-state index >= 15 is 0 Å². The number of benzene rings is 2. The number of aryl methyl sites for hydroxylation is 1. The van der Waals surface area contributed by atoms with Crippen LogP contribution >= 0.6 is 7.82 Å². The van der Waals surface area contributed by atoms with Crippen molar-refractivity contribution in [2.45, 2.75) is 135 Å². The number of fused-ring (bicyclic) bond motifs is 5. The van der Waals surface area contributed by atoms with Crippen LogP contribution in [0.4, 0.5) is 5.69 Å². The molecule has 5 rings (SSSR count). The second-order valence-electron chi connectivity index (χ2n) is 15.9. The lowest BCUT2D eigenvalue weighted by molar-refractivity contribution is -0.158. The summed E-state index contributed by atoms with van der Waals surface area (Å²) in [5.41, 5.74) is 7.29. The van der Waals surface area contributed by atoms with Crippen LogP contribution in [0, 0.1) is 17.3 Å². The molecule has 14 nitrogen and oxygen atoms in total. The van der Waals surface area contributed by atoms with Crippen LogP contribution in [0.1, 0.15) is 120 Å². The first-order chi connectivity index (χ1) is 25.9. The molecule has 7 unspecified atom stereocenters. The number of phosphoric acid groups is 1. The maximum absolute atomic E-state index is 13.4. The Hall–Kier alpha value is -3.68. The molecule has 3 aliphatic rings. The molecule has 55 heavy (non-hydrogen) atoms. The highest BCUT2D eigenvalue weighted by Gasteiger charge is 2.56. The van der Waals surface area contributed by atoms with Gasteiger partial charge in [0.05, 0.1) is 37.2 Å². The first-order valence-corrected chi connectivity index (χ1v) is 20.7. The predicted molar refractivity (Wildman–Crippen MR) is 204 cm³/mol. The topological polar surface area (TPSA) is 213 Å². The highest BCUT2D eigenvalue weighted by atomic mass is 31.2. The molecular weight excluding hydrogens is 731 g/mol. The van der Waals surface area contributed by atoms with Crippen molar-refractivity contribution in [2.75, 3.05) is 12.4 Å². The van der Waals surface area contributed by atoms with E-state index in [1.54, 1.807) is 27.7 Å². The molecular formula is C40H57N2O12P. The molecule has 0 bridgehead atoms. The molecule has 0 aromatic heterocycles. The second kappa shape index (κ2) is 17.6. The molecule has 3 aliphatic carbocycles. The summed E-state index contributed by atoms with van der Waals surface area (Å²) in [5, 5.41) is 34.0. The summed E-state index contributed by atoms with van der Waals surface area (Å²) < 4.78 is 41.5. The second-order valence-corrected chi connectivity index (χ2v) is 17.4. The molecule has 0 aliphatic heterocycles. The SMILES string of the molecule is COc1ccc(NC(=O)CCC(O)C(O)CCC(=O)OC2CCC3C4CCc5cc(OP(=O)(OC(C)C)OC(C)C)ccc5C4CCC23C)c(O)c1C(N)=O. The smallest absolute Gasteiger partial charge is 0.505 e. The summed E-state index contributed by atoms with van der Waals surface area (Å²) in [5.74, 6) is -0.781. The van der Waals surface area contributed by atoms with E-state index in [1.165, 1.54) is 30.4 Å². The number of methoxy groups -OCH3 is 1. The number of ether oxygens (including phenoxy) is 2. The van der Waals surface area contributed by atoms with Gasteiger partial charge in [0.15, 0.2) is 5.75 Å².